The van der Waals surface area contributed by atoms with E-state index in [9.17, 15) is 9.90 Å². The monoisotopic (exact) mass is 370 g/mol. The van der Waals surface area contributed by atoms with Crippen LogP contribution in [0.15, 0.2) is 29.9 Å². The molecule has 1 fully saturated rings. The lowest BCUT2D eigenvalue weighted by atomic mass is 10.0. The van der Waals surface area contributed by atoms with E-state index in [1.807, 2.05) is 13.0 Å². The van der Waals surface area contributed by atoms with Gasteiger partial charge in [0, 0.05) is 42.5 Å². The first kappa shape index (κ1) is 16.8. The van der Waals surface area contributed by atoms with Gasteiger partial charge in [0.15, 0.2) is 10.8 Å². The summed E-state index contributed by atoms with van der Waals surface area (Å²) >= 11 is 1.34. The molecule has 1 amide bonds. The van der Waals surface area contributed by atoms with Gasteiger partial charge in [0.05, 0.1) is 11.8 Å². The summed E-state index contributed by atoms with van der Waals surface area (Å²) in [6.07, 6.45) is 3.36. The molecule has 1 aliphatic rings. The molecule has 4 rings (SSSR count). The van der Waals surface area contributed by atoms with E-state index < -0.39 is 6.10 Å². The number of nitrogens with zero attached hydrogens (tertiary/aromatic N) is 5. The second-order valence-corrected chi connectivity index (χ2v) is 7.25. The number of thiazole rings is 1. The van der Waals surface area contributed by atoms with E-state index in [1.165, 1.54) is 11.3 Å². The number of carbonyl (C=O) groups is 1. The predicted molar refractivity (Wildman–Crippen MR) is 95.6 cm³/mol. The van der Waals surface area contributed by atoms with Crippen LogP contribution in [0.1, 0.15) is 21.9 Å². The molecule has 0 radical (unpaired) electrons. The summed E-state index contributed by atoms with van der Waals surface area (Å²) in [5.41, 5.74) is 2.25. The second-order valence-electron chi connectivity index (χ2n) is 6.39. The molecule has 1 aliphatic heterocycles. The molecule has 26 heavy (non-hydrogen) atoms. The number of aryl methyl sites for hydroxylation is 1. The number of aromatic amines is 1. The Balaban J connectivity index is 1.45. The molecular weight excluding hydrogens is 352 g/mol. The van der Waals surface area contributed by atoms with E-state index in [0.717, 1.165) is 11.4 Å². The van der Waals surface area contributed by atoms with Crippen molar-refractivity contribution < 1.29 is 9.90 Å². The SMILES string of the molecule is Cc1cc(C[C@@H]2CN(C(=O)c3csc(-c4ncccn4)n3)C[C@@H]2O)n[nH]1. The zero-order valence-corrected chi connectivity index (χ0v) is 15.0. The van der Waals surface area contributed by atoms with Crippen LogP contribution < -0.4 is 0 Å². The molecule has 0 unspecified atom stereocenters. The fourth-order valence-electron chi connectivity index (χ4n) is 3.11. The number of rotatable bonds is 4. The average molecular weight is 370 g/mol. The van der Waals surface area contributed by atoms with Crippen LogP contribution in [0.4, 0.5) is 0 Å². The number of hydrogen-bond acceptors (Lipinski definition) is 7. The number of aliphatic hydroxyl groups is 1. The van der Waals surface area contributed by atoms with E-state index in [4.69, 9.17) is 0 Å². The Hall–Kier alpha value is -2.65. The molecule has 8 nitrogen and oxygen atoms in total. The molecule has 9 heteroatoms. The van der Waals surface area contributed by atoms with Crippen molar-refractivity contribution in [2.45, 2.75) is 19.4 Å². The zero-order chi connectivity index (χ0) is 18.1. The number of hydrogen-bond donors (Lipinski definition) is 2. The van der Waals surface area contributed by atoms with E-state index in [-0.39, 0.29) is 11.8 Å². The highest BCUT2D eigenvalue weighted by atomic mass is 32.1. The number of amides is 1. The van der Waals surface area contributed by atoms with Crippen LogP contribution in [-0.2, 0) is 6.42 Å². The number of carbonyl (C=O) groups excluding carboxylic acids is 1. The van der Waals surface area contributed by atoms with E-state index in [2.05, 4.69) is 25.1 Å². The molecule has 2 atom stereocenters. The van der Waals surface area contributed by atoms with Crippen molar-refractivity contribution >= 4 is 17.2 Å². The third-order valence-electron chi connectivity index (χ3n) is 4.40. The van der Waals surface area contributed by atoms with Gasteiger partial charge >= 0.3 is 0 Å². The molecule has 1 saturated heterocycles. The fraction of sp³-hybridized carbons (Fsp3) is 0.353. The van der Waals surface area contributed by atoms with Gasteiger partial charge in [-0.1, -0.05) is 0 Å². The Morgan fingerprint density at radius 2 is 2.19 bits per heavy atom. The minimum Gasteiger partial charge on any atom is -0.391 e. The Morgan fingerprint density at radius 3 is 2.92 bits per heavy atom. The molecular formula is C17H18N6O2S. The highest BCUT2D eigenvalue weighted by molar-refractivity contribution is 7.13. The van der Waals surface area contributed by atoms with Gasteiger partial charge in [-0.2, -0.15) is 5.10 Å². The van der Waals surface area contributed by atoms with Gasteiger partial charge in [0.2, 0.25) is 0 Å². The maximum atomic E-state index is 12.7. The van der Waals surface area contributed by atoms with Gasteiger partial charge in [0.25, 0.3) is 5.91 Å². The van der Waals surface area contributed by atoms with E-state index >= 15 is 0 Å². The Labute approximate surface area is 154 Å². The molecule has 3 aromatic heterocycles. The van der Waals surface area contributed by atoms with Crippen molar-refractivity contribution in [3.05, 3.63) is 47.0 Å². The number of aromatic nitrogens is 5. The van der Waals surface area contributed by atoms with Gasteiger partial charge < -0.3 is 10.0 Å². The lowest BCUT2D eigenvalue weighted by Gasteiger charge is -2.14. The predicted octanol–water partition coefficient (Wildman–Crippen LogP) is 1.31. The lowest BCUT2D eigenvalue weighted by molar-refractivity contribution is 0.0760. The molecule has 0 saturated carbocycles. The summed E-state index contributed by atoms with van der Waals surface area (Å²) < 4.78 is 0. The minimum absolute atomic E-state index is 0.0304. The quantitative estimate of drug-likeness (QED) is 0.717. The minimum atomic E-state index is -0.563. The van der Waals surface area contributed by atoms with Crippen LogP contribution in [0, 0.1) is 12.8 Å². The average Bonchev–Trinajstić information content (AvgIpc) is 3.37. The summed E-state index contributed by atoms with van der Waals surface area (Å²) in [6, 6.07) is 3.69. The lowest BCUT2D eigenvalue weighted by Crippen LogP contribution is -2.29. The van der Waals surface area contributed by atoms with E-state index in [1.54, 1.807) is 28.7 Å². The van der Waals surface area contributed by atoms with Crippen LogP contribution in [0.5, 0.6) is 0 Å². The highest BCUT2D eigenvalue weighted by Crippen LogP contribution is 2.25. The van der Waals surface area contributed by atoms with Gasteiger partial charge in [-0.3, -0.25) is 9.89 Å². The largest absolute Gasteiger partial charge is 0.391 e. The first-order valence-corrected chi connectivity index (χ1v) is 9.19. The normalized spacial score (nSPS) is 19.8. The summed E-state index contributed by atoms with van der Waals surface area (Å²) in [4.78, 5) is 27.1. The molecule has 0 aromatic carbocycles. The van der Waals surface area contributed by atoms with Crippen LogP contribution in [-0.4, -0.2) is 60.3 Å². The third-order valence-corrected chi connectivity index (χ3v) is 5.24. The molecule has 0 bridgehead atoms. The van der Waals surface area contributed by atoms with Crippen LogP contribution in [0.2, 0.25) is 0 Å². The van der Waals surface area contributed by atoms with Crippen molar-refractivity contribution in [2.24, 2.45) is 5.92 Å². The third kappa shape index (κ3) is 3.35. The number of nitrogens with one attached hydrogen (secondary N) is 1. The maximum Gasteiger partial charge on any atom is 0.273 e. The summed E-state index contributed by atoms with van der Waals surface area (Å²) in [6.45, 7) is 2.73. The smallest absolute Gasteiger partial charge is 0.273 e. The van der Waals surface area contributed by atoms with Gasteiger partial charge in [-0.15, -0.1) is 11.3 Å². The Morgan fingerprint density at radius 1 is 1.38 bits per heavy atom. The molecule has 4 heterocycles. The molecule has 0 spiro atoms. The second kappa shape index (κ2) is 6.93. The standard InChI is InChI=1S/C17H18N6O2S/c1-10-5-12(22-21-10)6-11-7-23(8-14(11)24)17(25)13-9-26-16(20-13)15-18-3-2-4-19-15/h2-5,9,11,14,24H,6-8H2,1H3,(H,21,22)/t11-,14+/m1/s1. The van der Waals surface area contributed by atoms with Crippen molar-refractivity contribution in [2.75, 3.05) is 13.1 Å². The summed E-state index contributed by atoms with van der Waals surface area (Å²) in [7, 11) is 0. The summed E-state index contributed by atoms with van der Waals surface area (Å²) in [5.74, 6) is 0.296. The molecule has 2 N–H and O–H groups in total. The Bertz CT molecular complexity index is 909. The van der Waals surface area contributed by atoms with Crippen molar-refractivity contribution in [1.82, 2.24) is 30.0 Å². The fourth-order valence-corrected chi connectivity index (χ4v) is 3.85. The number of aliphatic hydroxyl groups excluding tert-OH is 1. The van der Waals surface area contributed by atoms with Gasteiger partial charge in [-0.25, -0.2) is 15.0 Å². The zero-order valence-electron chi connectivity index (χ0n) is 14.2. The Kier molecular flexibility index (Phi) is 4.48. The van der Waals surface area contributed by atoms with Crippen LogP contribution in [0.3, 0.4) is 0 Å². The van der Waals surface area contributed by atoms with Crippen molar-refractivity contribution in [3.63, 3.8) is 0 Å². The topological polar surface area (TPSA) is 108 Å². The molecule has 3 aromatic rings. The first-order chi connectivity index (χ1) is 12.6. The van der Waals surface area contributed by atoms with Crippen LogP contribution in [0.25, 0.3) is 10.8 Å². The van der Waals surface area contributed by atoms with Gasteiger partial charge in [0.1, 0.15) is 5.69 Å². The summed E-state index contributed by atoms with van der Waals surface area (Å²) in [5, 5.41) is 19.8. The molecule has 134 valence electrons. The van der Waals surface area contributed by atoms with Crippen molar-refractivity contribution in [1.29, 1.82) is 0 Å². The molecule has 0 aliphatic carbocycles. The van der Waals surface area contributed by atoms with Gasteiger partial charge in [-0.05, 0) is 25.5 Å². The van der Waals surface area contributed by atoms with Crippen LogP contribution >= 0.6 is 11.3 Å². The number of β-amino-alcohol motifs (C(OH)–C–C–N with tert-alkyl or cyclic N) is 1. The maximum absolute atomic E-state index is 12.7. The highest BCUT2D eigenvalue weighted by Gasteiger charge is 2.35. The first-order valence-electron chi connectivity index (χ1n) is 8.31. The number of likely N-dealkylation sites (tertiary alicyclic amines) is 1. The van der Waals surface area contributed by atoms with Crippen molar-refractivity contribution in [3.8, 4) is 10.8 Å². The number of H-pyrrole nitrogens is 1. The van der Waals surface area contributed by atoms with E-state index in [0.29, 0.717) is 36.0 Å².